The van der Waals surface area contributed by atoms with Crippen molar-refractivity contribution in [2.45, 2.75) is 45.4 Å². The lowest BCUT2D eigenvalue weighted by Gasteiger charge is -2.12. The molecule has 8 nitrogen and oxygen atoms in total. The van der Waals surface area contributed by atoms with Crippen LogP contribution in [0, 0.1) is 5.92 Å². The summed E-state index contributed by atoms with van der Waals surface area (Å²) in [5, 5.41) is 7.48. The quantitative estimate of drug-likeness (QED) is 0.704. The van der Waals surface area contributed by atoms with Crippen LogP contribution in [0.5, 0.6) is 0 Å². The van der Waals surface area contributed by atoms with E-state index in [2.05, 4.69) is 20.4 Å². The lowest BCUT2D eigenvalue weighted by atomic mass is 10.1. The number of aromatic nitrogens is 4. The molecular formula is C20H23N5O3. The van der Waals surface area contributed by atoms with Crippen LogP contribution in [0.1, 0.15) is 51.1 Å². The van der Waals surface area contributed by atoms with E-state index in [0.717, 1.165) is 25.7 Å². The van der Waals surface area contributed by atoms with Crippen LogP contribution in [0.25, 0.3) is 17.4 Å². The molecule has 0 aromatic carbocycles. The van der Waals surface area contributed by atoms with E-state index in [-0.39, 0.29) is 29.3 Å². The summed E-state index contributed by atoms with van der Waals surface area (Å²) in [4.78, 5) is 32.0. The molecule has 28 heavy (non-hydrogen) atoms. The summed E-state index contributed by atoms with van der Waals surface area (Å²) in [5.41, 5.74) is 0.933. The summed E-state index contributed by atoms with van der Waals surface area (Å²) in [6.45, 7) is 3.93. The third-order valence-corrected chi connectivity index (χ3v) is 5.00. The van der Waals surface area contributed by atoms with Gasteiger partial charge in [-0.2, -0.15) is 9.78 Å². The zero-order valence-electron chi connectivity index (χ0n) is 15.9. The molecule has 0 atom stereocenters. The highest BCUT2D eigenvalue weighted by molar-refractivity contribution is 5.92. The van der Waals surface area contributed by atoms with Gasteiger partial charge in [-0.15, -0.1) is 0 Å². The first-order valence-corrected chi connectivity index (χ1v) is 9.57. The molecule has 0 unspecified atom stereocenters. The average molecular weight is 381 g/mol. The zero-order valence-corrected chi connectivity index (χ0v) is 15.9. The SMILES string of the molecule is CC(C)c1cc(=O)[nH]c(-n2nc(-c3ccco3)cc2NC(=O)C2CCCC2)n1. The lowest BCUT2D eigenvalue weighted by molar-refractivity contribution is -0.119. The third kappa shape index (κ3) is 3.62. The molecule has 1 aliphatic rings. The Morgan fingerprint density at radius 1 is 1.32 bits per heavy atom. The molecule has 2 N–H and O–H groups in total. The fourth-order valence-electron chi connectivity index (χ4n) is 3.45. The first kappa shape index (κ1) is 18.2. The van der Waals surface area contributed by atoms with Crippen molar-refractivity contribution in [3.63, 3.8) is 0 Å². The van der Waals surface area contributed by atoms with Gasteiger partial charge in [-0.3, -0.25) is 14.6 Å². The van der Waals surface area contributed by atoms with Gasteiger partial charge in [0.15, 0.2) is 5.76 Å². The van der Waals surface area contributed by atoms with E-state index in [1.165, 1.54) is 10.7 Å². The minimum Gasteiger partial charge on any atom is -0.463 e. The summed E-state index contributed by atoms with van der Waals surface area (Å²) >= 11 is 0. The number of furan rings is 1. The molecule has 0 aliphatic heterocycles. The van der Waals surface area contributed by atoms with Crippen molar-refractivity contribution in [3.8, 4) is 17.4 Å². The van der Waals surface area contributed by atoms with E-state index in [1.807, 2.05) is 13.8 Å². The van der Waals surface area contributed by atoms with Crippen LogP contribution in [-0.2, 0) is 4.79 Å². The number of hydrogen-bond acceptors (Lipinski definition) is 5. The van der Waals surface area contributed by atoms with Gasteiger partial charge in [-0.25, -0.2) is 4.98 Å². The smallest absolute Gasteiger partial charge is 0.252 e. The Morgan fingerprint density at radius 2 is 2.11 bits per heavy atom. The molecule has 1 fully saturated rings. The number of anilines is 1. The van der Waals surface area contributed by atoms with E-state index in [9.17, 15) is 9.59 Å². The molecule has 3 aromatic heterocycles. The number of carbonyl (C=O) groups excluding carboxylic acids is 1. The minimum atomic E-state index is -0.267. The summed E-state index contributed by atoms with van der Waals surface area (Å²) in [7, 11) is 0. The predicted molar refractivity (Wildman–Crippen MR) is 104 cm³/mol. The Balaban J connectivity index is 1.76. The van der Waals surface area contributed by atoms with Crippen molar-refractivity contribution >= 4 is 11.7 Å². The minimum absolute atomic E-state index is 0.00409. The van der Waals surface area contributed by atoms with E-state index in [4.69, 9.17) is 4.42 Å². The number of nitrogens with zero attached hydrogens (tertiary/aromatic N) is 3. The summed E-state index contributed by atoms with van der Waals surface area (Å²) in [5.74, 6) is 1.33. The van der Waals surface area contributed by atoms with E-state index >= 15 is 0 Å². The van der Waals surface area contributed by atoms with Gasteiger partial charge in [-0.05, 0) is 30.9 Å². The molecular weight excluding hydrogens is 358 g/mol. The Kier molecular flexibility index (Phi) is 4.85. The van der Waals surface area contributed by atoms with Gasteiger partial charge >= 0.3 is 0 Å². The number of carbonyl (C=O) groups is 1. The molecule has 3 heterocycles. The van der Waals surface area contributed by atoms with Gasteiger partial charge < -0.3 is 9.73 Å². The number of aromatic amines is 1. The lowest BCUT2D eigenvalue weighted by Crippen LogP contribution is -2.23. The van der Waals surface area contributed by atoms with Gasteiger partial charge in [0, 0.05) is 18.1 Å². The topological polar surface area (TPSA) is 106 Å². The maximum Gasteiger partial charge on any atom is 0.252 e. The van der Waals surface area contributed by atoms with E-state index in [0.29, 0.717) is 23.0 Å². The standard InChI is InChI=1S/C20H23N5O3/c1-12(2)14-11-18(26)23-20(21-14)25-17(22-19(27)13-6-3-4-7-13)10-15(24-25)16-8-5-9-28-16/h5,8-13H,3-4,6-7H2,1-2H3,(H,22,27)(H,21,23,26). The second-order valence-corrected chi connectivity index (χ2v) is 7.42. The Hall–Kier alpha value is -3.16. The normalized spacial score (nSPS) is 14.7. The second-order valence-electron chi connectivity index (χ2n) is 7.42. The highest BCUT2D eigenvalue weighted by atomic mass is 16.3. The van der Waals surface area contributed by atoms with Crippen LogP contribution >= 0.6 is 0 Å². The van der Waals surface area contributed by atoms with Crippen molar-refractivity contribution in [2.24, 2.45) is 5.92 Å². The fraction of sp³-hybridized carbons (Fsp3) is 0.400. The predicted octanol–water partition coefficient (Wildman–Crippen LogP) is 3.47. The van der Waals surface area contributed by atoms with Crippen LogP contribution in [-0.4, -0.2) is 25.7 Å². The maximum absolute atomic E-state index is 12.7. The first-order valence-electron chi connectivity index (χ1n) is 9.57. The number of hydrogen-bond donors (Lipinski definition) is 2. The van der Waals surface area contributed by atoms with Crippen LogP contribution in [0.4, 0.5) is 5.82 Å². The Labute approximate surface area is 162 Å². The van der Waals surface area contributed by atoms with Crippen molar-refractivity contribution in [2.75, 3.05) is 5.32 Å². The van der Waals surface area contributed by atoms with E-state index in [1.54, 1.807) is 24.5 Å². The molecule has 3 aromatic rings. The molecule has 1 saturated carbocycles. The number of rotatable bonds is 5. The average Bonchev–Trinajstić information content (AvgIpc) is 3.41. The maximum atomic E-state index is 12.7. The first-order chi connectivity index (χ1) is 13.5. The molecule has 1 amide bonds. The van der Waals surface area contributed by atoms with Gasteiger partial charge in [-0.1, -0.05) is 26.7 Å². The Bertz CT molecular complexity index is 1030. The van der Waals surface area contributed by atoms with E-state index < -0.39 is 0 Å². The highest BCUT2D eigenvalue weighted by Gasteiger charge is 2.25. The van der Waals surface area contributed by atoms with Gasteiger partial charge in [0.1, 0.15) is 11.5 Å². The van der Waals surface area contributed by atoms with Crippen LogP contribution < -0.4 is 10.9 Å². The molecule has 0 spiro atoms. The molecule has 146 valence electrons. The fourth-order valence-corrected chi connectivity index (χ4v) is 3.45. The molecule has 0 radical (unpaired) electrons. The van der Waals surface area contributed by atoms with Crippen molar-refractivity contribution < 1.29 is 9.21 Å². The summed E-state index contributed by atoms with van der Waals surface area (Å²) in [6.07, 6.45) is 5.48. The van der Waals surface area contributed by atoms with Gasteiger partial charge in [0.05, 0.1) is 12.0 Å². The molecule has 4 rings (SSSR count). The van der Waals surface area contributed by atoms with Crippen molar-refractivity contribution in [1.82, 2.24) is 19.7 Å². The third-order valence-electron chi connectivity index (χ3n) is 5.00. The van der Waals surface area contributed by atoms with Crippen molar-refractivity contribution in [1.29, 1.82) is 0 Å². The van der Waals surface area contributed by atoms with Crippen LogP contribution in [0.3, 0.4) is 0 Å². The summed E-state index contributed by atoms with van der Waals surface area (Å²) in [6, 6.07) is 6.76. The van der Waals surface area contributed by atoms with Gasteiger partial charge in [0.2, 0.25) is 11.9 Å². The largest absolute Gasteiger partial charge is 0.463 e. The second kappa shape index (κ2) is 7.46. The molecule has 1 aliphatic carbocycles. The molecule has 0 saturated heterocycles. The van der Waals surface area contributed by atoms with Crippen LogP contribution in [0.2, 0.25) is 0 Å². The zero-order chi connectivity index (χ0) is 19.7. The monoisotopic (exact) mass is 381 g/mol. The van der Waals surface area contributed by atoms with Crippen molar-refractivity contribution in [3.05, 3.63) is 46.6 Å². The summed E-state index contributed by atoms with van der Waals surface area (Å²) < 4.78 is 6.89. The Morgan fingerprint density at radius 3 is 2.79 bits per heavy atom. The molecule has 0 bridgehead atoms. The highest BCUT2D eigenvalue weighted by Crippen LogP contribution is 2.28. The number of amides is 1. The van der Waals surface area contributed by atoms with Crippen LogP contribution in [0.15, 0.2) is 39.7 Å². The number of H-pyrrole nitrogens is 1. The number of nitrogens with one attached hydrogen (secondary N) is 2. The molecule has 8 heteroatoms. The van der Waals surface area contributed by atoms with Gasteiger partial charge in [0.25, 0.3) is 5.56 Å².